The lowest BCUT2D eigenvalue weighted by Crippen LogP contribution is -2.07. The van der Waals surface area contributed by atoms with Gasteiger partial charge in [0.15, 0.2) is 0 Å². The molecule has 0 unspecified atom stereocenters. The van der Waals surface area contributed by atoms with Gasteiger partial charge >= 0.3 is 0 Å². The van der Waals surface area contributed by atoms with Gasteiger partial charge in [-0.25, -0.2) is 9.97 Å². The number of nitrogens with zero attached hydrogens (tertiary/aromatic N) is 3. The van der Waals surface area contributed by atoms with Gasteiger partial charge in [0.1, 0.15) is 18.0 Å². The van der Waals surface area contributed by atoms with Crippen LogP contribution in [0.4, 0.5) is 11.5 Å². The van der Waals surface area contributed by atoms with Crippen molar-refractivity contribution in [3.8, 4) is 0 Å². The van der Waals surface area contributed by atoms with Crippen LogP contribution in [-0.4, -0.2) is 26.7 Å². The molecule has 0 bridgehead atoms. The molecule has 0 aromatic carbocycles. The van der Waals surface area contributed by atoms with Crippen LogP contribution in [0.1, 0.15) is 11.4 Å². The van der Waals surface area contributed by atoms with Crippen LogP contribution in [0.15, 0.2) is 18.6 Å². The molecule has 0 saturated heterocycles. The number of hydrogen-bond donors (Lipinski definition) is 3. The highest BCUT2D eigenvalue weighted by atomic mass is 15.2. The number of nitrogen functional groups attached to an aromatic ring is 1. The van der Waals surface area contributed by atoms with E-state index in [4.69, 9.17) is 5.73 Å². The highest BCUT2D eigenvalue weighted by Crippen LogP contribution is 2.12. The van der Waals surface area contributed by atoms with Gasteiger partial charge in [-0.3, -0.25) is 5.10 Å². The number of hydrogen-bond acceptors (Lipinski definition) is 5. The zero-order valence-electron chi connectivity index (χ0n) is 9.07. The second kappa shape index (κ2) is 4.61. The normalized spacial score (nSPS) is 10.3. The topological polar surface area (TPSA) is 92.5 Å². The van der Waals surface area contributed by atoms with Crippen LogP contribution in [0.3, 0.4) is 0 Å². The smallest absolute Gasteiger partial charge is 0.137 e. The summed E-state index contributed by atoms with van der Waals surface area (Å²) in [5.74, 6) is 1.69. The fourth-order valence-corrected chi connectivity index (χ4v) is 1.32. The van der Waals surface area contributed by atoms with Crippen LogP contribution in [0.5, 0.6) is 0 Å². The number of nitrogens with one attached hydrogen (secondary N) is 2. The second-order valence-corrected chi connectivity index (χ2v) is 3.54. The van der Waals surface area contributed by atoms with E-state index in [1.807, 2.05) is 13.0 Å². The van der Waals surface area contributed by atoms with Crippen molar-refractivity contribution in [3.63, 3.8) is 0 Å². The van der Waals surface area contributed by atoms with E-state index in [0.29, 0.717) is 5.69 Å². The van der Waals surface area contributed by atoms with E-state index >= 15 is 0 Å². The van der Waals surface area contributed by atoms with Crippen LogP contribution in [0.25, 0.3) is 0 Å². The molecule has 0 radical (unpaired) electrons. The van der Waals surface area contributed by atoms with E-state index in [1.54, 1.807) is 6.20 Å². The van der Waals surface area contributed by atoms with E-state index < -0.39 is 0 Å². The zero-order chi connectivity index (χ0) is 11.4. The maximum Gasteiger partial charge on any atom is 0.137 e. The molecule has 0 saturated carbocycles. The Morgan fingerprint density at radius 2 is 2.31 bits per heavy atom. The van der Waals surface area contributed by atoms with Gasteiger partial charge in [-0.1, -0.05) is 0 Å². The molecule has 2 aromatic heterocycles. The molecule has 0 spiro atoms. The Morgan fingerprint density at radius 1 is 1.44 bits per heavy atom. The number of aromatic amines is 1. The molecule has 2 rings (SSSR count). The van der Waals surface area contributed by atoms with Gasteiger partial charge in [0, 0.05) is 13.0 Å². The molecule has 16 heavy (non-hydrogen) atoms. The number of pyridine rings is 1. The minimum absolute atomic E-state index is 0.709. The maximum atomic E-state index is 5.68. The quantitative estimate of drug-likeness (QED) is 0.704. The summed E-state index contributed by atoms with van der Waals surface area (Å²) in [4.78, 5) is 8.21. The molecule has 0 aliphatic carbocycles. The lowest BCUT2D eigenvalue weighted by atomic mass is 10.2. The third-order valence-corrected chi connectivity index (χ3v) is 2.28. The number of nitrogens with two attached hydrogens (primary N) is 1. The largest absolute Gasteiger partial charge is 0.397 e. The Morgan fingerprint density at radius 3 is 3.00 bits per heavy atom. The third kappa shape index (κ3) is 2.47. The molecular weight excluding hydrogens is 204 g/mol. The molecule has 2 heterocycles. The molecular formula is C10H14N6. The van der Waals surface area contributed by atoms with Gasteiger partial charge in [0.25, 0.3) is 0 Å². The summed E-state index contributed by atoms with van der Waals surface area (Å²) in [5.41, 5.74) is 7.42. The van der Waals surface area contributed by atoms with Crippen molar-refractivity contribution >= 4 is 11.5 Å². The third-order valence-electron chi connectivity index (χ3n) is 2.28. The Bertz CT molecular complexity index is 450. The Balaban J connectivity index is 1.87. The van der Waals surface area contributed by atoms with Crippen LogP contribution in [0, 0.1) is 6.92 Å². The summed E-state index contributed by atoms with van der Waals surface area (Å²) in [6.45, 7) is 2.71. The SMILES string of the molecule is Cc1cc(NCCc2ncn[nH]2)ncc1N. The highest BCUT2D eigenvalue weighted by Gasteiger charge is 1.99. The van der Waals surface area contributed by atoms with Crippen molar-refractivity contribution in [1.29, 1.82) is 0 Å². The first-order valence-corrected chi connectivity index (χ1v) is 5.06. The average Bonchev–Trinajstić information content (AvgIpc) is 2.76. The van der Waals surface area contributed by atoms with Crippen LogP contribution >= 0.6 is 0 Å². The van der Waals surface area contributed by atoms with Crippen molar-refractivity contribution in [3.05, 3.63) is 30.0 Å². The lowest BCUT2D eigenvalue weighted by molar-refractivity contribution is 0.897. The molecule has 2 aromatic rings. The van der Waals surface area contributed by atoms with Gasteiger partial charge in [-0.05, 0) is 18.6 Å². The van der Waals surface area contributed by atoms with Crippen LogP contribution in [-0.2, 0) is 6.42 Å². The summed E-state index contributed by atoms with van der Waals surface area (Å²) >= 11 is 0. The van der Waals surface area contributed by atoms with Crippen LogP contribution < -0.4 is 11.1 Å². The number of H-pyrrole nitrogens is 1. The number of anilines is 2. The first kappa shape index (κ1) is 10.4. The van der Waals surface area contributed by atoms with E-state index in [0.717, 1.165) is 30.2 Å². The van der Waals surface area contributed by atoms with Crippen LogP contribution in [0.2, 0.25) is 0 Å². The number of rotatable bonds is 4. The molecule has 4 N–H and O–H groups in total. The number of aromatic nitrogens is 4. The Kier molecular flexibility index (Phi) is 3.00. The summed E-state index contributed by atoms with van der Waals surface area (Å²) < 4.78 is 0. The molecule has 0 fully saturated rings. The first-order valence-electron chi connectivity index (χ1n) is 5.06. The standard InChI is InChI=1S/C10H14N6/c1-7-4-10(13-5-8(7)11)12-3-2-9-14-6-15-16-9/h4-6H,2-3,11H2,1H3,(H,12,13)(H,14,15,16). The summed E-state index contributed by atoms with van der Waals surface area (Å²) in [5, 5.41) is 9.78. The van der Waals surface area contributed by atoms with Crippen molar-refractivity contribution in [1.82, 2.24) is 20.2 Å². The van der Waals surface area contributed by atoms with E-state index in [2.05, 4.69) is 25.5 Å². The second-order valence-electron chi connectivity index (χ2n) is 3.54. The van der Waals surface area contributed by atoms with Crippen molar-refractivity contribution in [2.45, 2.75) is 13.3 Å². The minimum Gasteiger partial charge on any atom is -0.397 e. The lowest BCUT2D eigenvalue weighted by Gasteiger charge is -2.06. The fraction of sp³-hybridized carbons (Fsp3) is 0.300. The summed E-state index contributed by atoms with van der Waals surface area (Å²) in [7, 11) is 0. The van der Waals surface area contributed by atoms with Gasteiger partial charge in [0.2, 0.25) is 0 Å². The minimum atomic E-state index is 0.709. The summed E-state index contributed by atoms with van der Waals surface area (Å²) in [6, 6.07) is 1.93. The Hall–Kier alpha value is -2.11. The molecule has 0 amide bonds. The monoisotopic (exact) mass is 218 g/mol. The fourth-order valence-electron chi connectivity index (χ4n) is 1.32. The maximum absolute atomic E-state index is 5.68. The van der Waals surface area contributed by atoms with E-state index in [9.17, 15) is 0 Å². The van der Waals surface area contributed by atoms with Gasteiger partial charge < -0.3 is 11.1 Å². The molecule has 0 atom stereocenters. The van der Waals surface area contributed by atoms with E-state index in [1.165, 1.54) is 6.33 Å². The van der Waals surface area contributed by atoms with E-state index in [-0.39, 0.29) is 0 Å². The highest BCUT2D eigenvalue weighted by molar-refractivity contribution is 5.50. The van der Waals surface area contributed by atoms with Gasteiger partial charge in [-0.2, -0.15) is 5.10 Å². The average molecular weight is 218 g/mol. The molecule has 6 nitrogen and oxygen atoms in total. The molecule has 0 aliphatic heterocycles. The molecule has 84 valence electrons. The number of aryl methyl sites for hydroxylation is 1. The predicted molar refractivity (Wildman–Crippen MR) is 62.0 cm³/mol. The zero-order valence-corrected chi connectivity index (χ0v) is 9.07. The van der Waals surface area contributed by atoms with Crippen molar-refractivity contribution in [2.75, 3.05) is 17.6 Å². The molecule has 0 aliphatic rings. The first-order chi connectivity index (χ1) is 7.75. The van der Waals surface area contributed by atoms with Crippen molar-refractivity contribution in [2.24, 2.45) is 0 Å². The van der Waals surface area contributed by atoms with Gasteiger partial charge in [-0.15, -0.1) is 0 Å². The predicted octanol–water partition coefficient (Wildman–Crippen LogP) is 0.745. The Labute approximate surface area is 93.3 Å². The van der Waals surface area contributed by atoms with Crippen molar-refractivity contribution < 1.29 is 0 Å². The molecule has 6 heteroatoms. The van der Waals surface area contributed by atoms with Gasteiger partial charge in [0.05, 0.1) is 11.9 Å². The summed E-state index contributed by atoms with van der Waals surface area (Å²) in [6.07, 6.45) is 3.94.